The molecule has 0 saturated carbocycles. The van der Waals surface area contributed by atoms with Crippen molar-refractivity contribution in [3.8, 4) is 0 Å². The third-order valence-corrected chi connectivity index (χ3v) is 0.557. The summed E-state index contributed by atoms with van der Waals surface area (Å²) < 4.78 is 3.97. The number of carbonyl (C=O) groups excluding carboxylic acids is 2. The molecule has 0 saturated heterocycles. The standard InChI is InChI=1S/C4H2O3.He/c5-3-1-2-4(6)7-3;/h1-2H;. The number of hydrogen-bond acceptors (Lipinski definition) is 3. The molecule has 0 aromatic heterocycles. The Morgan fingerprint density at radius 3 is 1.62 bits per heavy atom. The Morgan fingerprint density at radius 1 is 1.12 bits per heavy atom. The predicted octanol–water partition coefficient (Wildman–Crippen LogP) is -0.374. The number of rotatable bonds is 0. The maximum atomic E-state index is 9.92. The van der Waals surface area contributed by atoms with Gasteiger partial charge in [0.15, 0.2) is 0 Å². The molecule has 0 N–H and O–H groups in total. The average molecular weight is 102 g/mol. The van der Waals surface area contributed by atoms with Crippen molar-refractivity contribution in [2.45, 2.75) is 0 Å². The van der Waals surface area contributed by atoms with Crippen LogP contribution < -0.4 is 0 Å². The predicted molar refractivity (Wildman–Crippen MR) is 20.2 cm³/mol. The smallest absolute Gasteiger partial charge is 0.338 e. The van der Waals surface area contributed by atoms with Crippen molar-refractivity contribution in [2.24, 2.45) is 0 Å². The summed E-state index contributed by atoms with van der Waals surface area (Å²) >= 11 is 0. The van der Waals surface area contributed by atoms with E-state index in [0.717, 1.165) is 12.2 Å². The zero-order valence-electron chi connectivity index (χ0n) is 4.09. The Balaban J connectivity index is 0.000000490. The molecule has 0 radical (unpaired) electrons. The molecule has 3 nitrogen and oxygen atoms in total. The van der Waals surface area contributed by atoms with E-state index in [1.165, 1.54) is 0 Å². The molecule has 1 rings (SSSR count). The van der Waals surface area contributed by atoms with E-state index in [-0.39, 0.29) is 6.15 Å². The first kappa shape index (κ1) is 6.79. The zero-order chi connectivity index (χ0) is 5.28. The maximum Gasteiger partial charge on any atom is 0.338 e. The molecule has 1 aliphatic heterocycles. The molecular formula is C4H2HeO3. The number of esters is 2. The van der Waals surface area contributed by atoms with E-state index in [9.17, 15) is 9.59 Å². The molecule has 0 fully saturated rings. The van der Waals surface area contributed by atoms with Gasteiger partial charge in [0.05, 0.1) is 0 Å². The molecule has 0 bridgehead atoms. The molecule has 0 atom stereocenters. The third-order valence-electron chi connectivity index (χ3n) is 0.557. The summed E-state index contributed by atoms with van der Waals surface area (Å²) in [5.41, 5.74) is 0. The van der Waals surface area contributed by atoms with Crippen molar-refractivity contribution in [1.82, 2.24) is 0 Å². The summed E-state index contributed by atoms with van der Waals surface area (Å²) in [5, 5.41) is 0. The number of carbonyl (C=O) groups is 2. The minimum absolute atomic E-state index is 0. The van der Waals surface area contributed by atoms with Gasteiger partial charge in [-0.3, -0.25) is 0 Å². The van der Waals surface area contributed by atoms with Crippen LogP contribution in [0.5, 0.6) is 0 Å². The molecule has 8 heavy (non-hydrogen) atoms. The Kier molecular flexibility index (Phi) is 1.86. The van der Waals surface area contributed by atoms with Gasteiger partial charge in [0.25, 0.3) is 0 Å². The number of hydrogen-bond donors (Lipinski definition) is 0. The molecule has 0 spiro atoms. The molecule has 38 valence electrons. The van der Waals surface area contributed by atoms with E-state index in [1.807, 2.05) is 0 Å². The van der Waals surface area contributed by atoms with Gasteiger partial charge in [-0.05, 0) is 0 Å². The minimum Gasteiger partial charge on any atom is -0.387 e. The van der Waals surface area contributed by atoms with E-state index < -0.39 is 11.9 Å². The van der Waals surface area contributed by atoms with E-state index in [4.69, 9.17) is 0 Å². The van der Waals surface area contributed by atoms with Crippen LogP contribution in [0.15, 0.2) is 12.2 Å². The van der Waals surface area contributed by atoms with Crippen molar-refractivity contribution in [1.29, 1.82) is 0 Å². The van der Waals surface area contributed by atoms with Crippen LogP contribution in [-0.2, 0) is 14.3 Å². The van der Waals surface area contributed by atoms with Crippen LogP contribution in [0.1, 0.15) is 0 Å². The van der Waals surface area contributed by atoms with Crippen molar-refractivity contribution in [3.63, 3.8) is 0 Å². The second kappa shape index (κ2) is 2.19. The Hall–Kier alpha value is -1.21. The molecule has 4 heteroatoms. The van der Waals surface area contributed by atoms with E-state index in [0.29, 0.717) is 0 Å². The summed E-state index contributed by atoms with van der Waals surface area (Å²) in [6.45, 7) is 0. The Labute approximate surface area is 45.7 Å². The van der Waals surface area contributed by atoms with Crippen LogP contribution in [0, 0.1) is 6.15 Å². The molecule has 0 aromatic rings. The fourth-order valence-electron chi connectivity index (χ4n) is 0.303. The zero-order valence-corrected chi connectivity index (χ0v) is 4.09. The van der Waals surface area contributed by atoms with Crippen LogP contribution in [0.3, 0.4) is 0 Å². The summed E-state index contributed by atoms with van der Waals surface area (Å²) in [4.78, 5) is 19.8. The van der Waals surface area contributed by atoms with Crippen molar-refractivity contribution in [2.75, 3.05) is 0 Å². The van der Waals surface area contributed by atoms with Gasteiger partial charge in [-0.2, -0.15) is 0 Å². The summed E-state index contributed by atoms with van der Waals surface area (Å²) in [7, 11) is 0. The van der Waals surface area contributed by atoms with Crippen LogP contribution in [-0.4, -0.2) is 11.9 Å². The van der Waals surface area contributed by atoms with Gasteiger partial charge in [0, 0.05) is 18.3 Å². The molecule has 0 aliphatic carbocycles. The van der Waals surface area contributed by atoms with Gasteiger partial charge in [-0.1, -0.05) is 0 Å². The first-order valence-corrected chi connectivity index (χ1v) is 1.73. The topological polar surface area (TPSA) is 43.4 Å². The summed E-state index contributed by atoms with van der Waals surface area (Å²) in [6, 6.07) is 0. The summed E-state index contributed by atoms with van der Waals surface area (Å²) in [5.74, 6) is -1.16. The van der Waals surface area contributed by atoms with E-state index in [2.05, 4.69) is 4.74 Å². The van der Waals surface area contributed by atoms with Gasteiger partial charge >= 0.3 is 11.9 Å². The number of ether oxygens (including phenoxy) is 1. The molecule has 1 heterocycles. The average Bonchev–Trinajstić information content (AvgIpc) is 1.87. The molecule has 0 unspecified atom stereocenters. The second-order valence-corrected chi connectivity index (χ2v) is 1.07. The fourth-order valence-corrected chi connectivity index (χ4v) is 0.303. The largest absolute Gasteiger partial charge is 0.387 e. The van der Waals surface area contributed by atoms with Gasteiger partial charge in [-0.25, -0.2) is 9.59 Å². The van der Waals surface area contributed by atoms with Crippen molar-refractivity contribution in [3.05, 3.63) is 12.2 Å². The fraction of sp³-hybridized carbons (Fsp3) is 0. The molecule has 0 aromatic carbocycles. The van der Waals surface area contributed by atoms with Crippen molar-refractivity contribution >= 4 is 11.9 Å². The van der Waals surface area contributed by atoms with Gasteiger partial charge in [-0.15, -0.1) is 0 Å². The molecule has 0 amide bonds. The van der Waals surface area contributed by atoms with Gasteiger partial charge in [0.1, 0.15) is 0 Å². The van der Waals surface area contributed by atoms with E-state index in [1.54, 1.807) is 0 Å². The number of cyclic esters (lactones) is 2. The third kappa shape index (κ3) is 1.13. The Bertz CT molecular complexity index is 133. The minimum atomic E-state index is -0.579. The van der Waals surface area contributed by atoms with Gasteiger partial charge in [0.2, 0.25) is 0 Å². The van der Waals surface area contributed by atoms with Crippen LogP contribution in [0.4, 0.5) is 0 Å². The quantitative estimate of drug-likeness (QED) is 0.309. The van der Waals surface area contributed by atoms with Crippen LogP contribution >= 0.6 is 0 Å². The second-order valence-electron chi connectivity index (χ2n) is 1.07. The van der Waals surface area contributed by atoms with Crippen molar-refractivity contribution < 1.29 is 20.5 Å². The van der Waals surface area contributed by atoms with E-state index >= 15 is 0 Å². The first-order chi connectivity index (χ1) is 3.29. The Morgan fingerprint density at radius 2 is 1.50 bits per heavy atom. The first-order valence-electron chi connectivity index (χ1n) is 1.73. The molecule has 1 aliphatic rings. The van der Waals surface area contributed by atoms with Gasteiger partial charge < -0.3 is 4.74 Å². The summed E-state index contributed by atoms with van der Waals surface area (Å²) in [6.07, 6.45) is 2.17. The monoisotopic (exact) mass is 102 g/mol. The molecular weight excluding hydrogens is 100 g/mol. The maximum absolute atomic E-state index is 9.92. The SMILES string of the molecule is O=C1C=CC(=O)O1.[He]. The normalized spacial score (nSPS) is 15.5. The van der Waals surface area contributed by atoms with Crippen LogP contribution in [0.25, 0.3) is 0 Å². The van der Waals surface area contributed by atoms with Crippen LogP contribution in [0.2, 0.25) is 0 Å².